The molecule has 17 heavy (non-hydrogen) atoms. The Hall–Kier alpha value is -1.10. The topological polar surface area (TPSA) is 58.9 Å². The summed E-state index contributed by atoms with van der Waals surface area (Å²) < 4.78 is 11.3. The molecule has 4 nitrogen and oxygen atoms in total. The molecule has 1 saturated heterocycles. The van der Waals surface area contributed by atoms with E-state index in [9.17, 15) is 10.2 Å². The lowest BCUT2D eigenvalue weighted by Crippen LogP contribution is -2.35. The second-order valence-corrected chi connectivity index (χ2v) is 4.96. The predicted molar refractivity (Wildman–Crippen MR) is 62.7 cm³/mol. The molecule has 1 aromatic carbocycles. The maximum Gasteiger partial charge on any atom is 0.164 e. The molecule has 94 valence electrons. The van der Waals surface area contributed by atoms with Crippen LogP contribution in [0.5, 0.6) is 5.75 Å². The molecule has 0 saturated carbocycles. The first kappa shape index (κ1) is 12.4. The van der Waals surface area contributed by atoms with Gasteiger partial charge in [0.2, 0.25) is 0 Å². The number of aryl methyl sites for hydroxylation is 1. The highest BCUT2D eigenvalue weighted by molar-refractivity contribution is 5.40. The van der Waals surface area contributed by atoms with E-state index in [0.717, 1.165) is 5.56 Å². The lowest BCUT2D eigenvalue weighted by atomic mass is 9.93. The summed E-state index contributed by atoms with van der Waals surface area (Å²) in [6.45, 7) is 5.47. The standard InChI is InChI=1S/C13H18O4/c1-9-4-5-10(11(15)6-9)13(7-14)8-16-12(2,3)17-13/h4-6,14-15H,7-8H2,1-3H3/t13-/m1/s1. The second-order valence-electron chi connectivity index (χ2n) is 4.96. The molecule has 0 unspecified atom stereocenters. The van der Waals surface area contributed by atoms with Gasteiger partial charge in [0.15, 0.2) is 5.79 Å². The van der Waals surface area contributed by atoms with Crippen molar-refractivity contribution >= 4 is 0 Å². The summed E-state index contributed by atoms with van der Waals surface area (Å²) in [5.74, 6) is -0.625. The van der Waals surface area contributed by atoms with Crippen LogP contribution in [-0.2, 0) is 15.1 Å². The van der Waals surface area contributed by atoms with Crippen molar-refractivity contribution in [2.45, 2.75) is 32.2 Å². The maximum absolute atomic E-state index is 9.97. The van der Waals surface area contributed by atoms with Gasteiger partial charge in [-0.15, -0.1) is 0 Å². The highest BCUT2D eigenvalue weighted by atomic mass is 16.8. The van der Waals surface area contributed by atoms with Crippen LogP contribution in [0.15, 0.2) is 18.2 Å². The van der Waals surface area contributed by atoms with E-state index < -0.39 is 11.4 Å². The average Bonchev–Trinajstić information content (AvgIpc) is 2.55. The molecule has 0 bridgehead atoms. The van der Waals surface area contributed by atoms with Crippen molar-refractivity contribution in [2.24, 2.45) is 0 Å². The highest BCUT2D eigenvalue weighted by Crippen LogP contribution is 2.41. The Morgan fingerprint density at radius 3 is 2.53 bits per heavy atom. The largest absolute Gasteiger partial charge is 0.508 e. The van der Waals surface area contributed by atoms with Crippen LogP contribution in [0.25, 0.3) is 0 Å². The second kappa shape index (κ2) is 3.98. The number of phenolic OH excluding ortho intramolecular Hbond substituents is 1. The first-order chi connectivity index (χ1) is 7.88. The first-order valence-electron chi connectivity index (χ1n) is 5.64. The van der Waals surface area contributed by atoms with Gasteiger partial charge in [-0.05, 0) is 32.4 Å². The fourth-order valence-corrected chi connectivity index (χ4v) is 2.14. The first-order valence-corrected chi connectivity index (χ1v) is 5.64. The van der Waals surface area contributed by atoms with Crippen molar-refractivity contribution in [3.8, 4) is 5.75 Å². The van der Waals surface area contributed by atoms with Crippen molar-refractivity contribution in [1.29, 1.82) is 0 Å². The molecular weight excluding hydrogens is 220 g/mol. The lowest BCUT2D eigenvalue weighted by molar-refractivity contribution is -0.172. The summed E-state index contributed by atoms with van der Waals surface area (Å²) in [5.41, 5.74) is 0.551. The molecule has 0 radical (unpaired) electrons. The van der Waals surface area contributed by atoms with Crippen molar-refractivity contribution in [3.05, 3.63) is 29.3 Å². The van der Waals surface area contributed by atoms with Gasteiger partial charge in [-0.2, -0.15) is 0 Å². The van der Waals surface area contributed by atoms with Crippen molar-refractivity contribution < 1.29 is 19.7 Å². The lowest BCUT2D eigenvalue weighted by Gasteiger charge is -2.28. The van der Waals surface area contributed by atoms with E-state index in [1.807, 2.05) is 13.0 Å². The summed E-state index contributed by atoms with van der Waals surface area (Å²) in [5, 5.41) is 19.6. The summed E-state index contributed by atoms with van der Waals surface area (Å²) in [6, 6.07) is 5.30. The molecule has 1 aliphatic rings. The van der Waals surface area contributed by atoms with E-state index in [-0.39, 0.29) is 19.0 Å². The van der Waals surface area contributed by atoms with Gasteiger partial charge in [0.1, 0.15) is 11.4 Å². The maximum atomic E-state index is 9.97. The minimum atomic E-state index is -0.971. The monoisotopic (exact) mass is 238 g/mol. The Morgan fingerprint density at radius 2 is 2.06 bits per heavy atom. The molecule has 4 heteroatoms. The Morgan fingerprint density at radius 1 is 1.35 bits per heavy atom. The summed E-state index contributed by atoms with van der Waals surface area (Å²) in [7, 11) is 0. The number of hydrogen-bond acceptors (Lipinski definition) is 4. The van der Waals surface area contributed by atoms with Crippen LogP contribution in [0.3, 0.4) is 0 Å². The molecule has 1 aliphatic heterocycles. The number of aliphatic hydroxyl groups is 1. The van der Waals surface area contributed by atoms with Gasteiger partial charge in [-0.3, -0.25) is 0 Å². The predicted octanol–water partition coefficient (Wildman–Crippen LogP) is 1.67. The number of phenols is 1. The Labute approximate surface area is 101 Å². The smallest absolute Gasteiger partial charge is 0.164 e. The van der Waals surface area contributed by atoms with Crippen LogP contribution in [0, 0.1) is 6.92 Å². The zero-order valence-corrected chi connectivity index (χ0v) is 10.4. The molecule has 1 heterocycles. The molecule has 1 aromatic rings. The number of aromatic hydroxyl groups is 1. The van der Waals surface area contributed by atoms with Crippen molar-refractivity contribution in [3.63, 3.8) is 0 Å². The fraction of sp³-hybridized carbons (Fsp3) is 0.538. The molecule has 2 rings (SSSR count). The molecule has 0 aromatic heterocycles. The van der Waals surface area contributed by atoms with Gasteiger partial charge in [0, 0.05) is 5.56 Å². The molecule has 0 aliphatic carbocycles. The van der Waals surface area contributed by atoms with E-state index >= 15 is 0 Å². The minimum absolute atomic E-state index is 0.125. The SMILES string of the molecule is Cc1ccc([C@@]2(CO)COC(C)(C)O2)c(O)c1. The molecule has 0 spiro atoms. The highest BCUT2D eigenvalue weighted by Gasteiger charge is 2.47. The van der Waals surface area contributed by atoms with Gasteiger partial charge < -0.3 is 19.7 Å². The molecular formula is C13H18O4. The third-order valence-corrected chi connectivity index (χ3v) is 2.99. The van der Waals surface area contributed by atoms with Gasteiger partial charge in [0.05, 0.1) is 13.2 Å². The van der Waals surface area contributed by atoms with Gasteiger partial charge in [0.25, 0.3) is 0 Å². The van der Waals surface area contributed by atoms with Crippen molar-refractivity contribution in [2.75, 3.05) is 13.2 Å². The van der Waals surface area contributed by atoms with Crippen LogP contribution in [-0.4, -0.2) is 29.2 Å². The average molecular weight is 238 g/mol. The number of ether oxygens (including phenoxy) is 2. The van der Waals surface area contributed by atoms with E-state index in [0.29, 0.717) is 5.56 Å². The van der Waals surface area contributed by atoms with Crippen LogP contribution >= 0.6 is 0 Å². The van der Waals surface area contributed by atoms with Crippen LogP contribution in [0.1, 0.15) is 25.0 Å². The third kappa shape index (κ3) is 2.16. The van der Waals surface area contributed by atoms with Gasteiger partial charge in [-0.1, -0.05) is 12.1 Å². The van der Waals surface area contributed by atoms with E-state index in [2.05, 4.69) is 0 Å². The van der Waals surface area contributed by atoms with E-state index in [1.54, 1.807) is 26.0 Å². The quantitative estimate of drug-likeness (QED) is 0.823. The van der Waals surface area contributed by atoms with Gasteiger partial charge >= 0.3 is 0 Å². The Bertz CT molecular complexity index is 427. The minimum Gasteiger partial charge on any atom is -0.508 e. The van der Waals surface area contributed by atoms with Gasteiger partial charge in [-0.25, -0.2) is 0 Å². The zero-order chi connectivity index (χ0) is 12.7. The normalized spacial score (nSPS) is 27.3. The number of hydrogen-bond donors (Lipinski definition) is 2. The van der Waals surface area contributed by atoms with Crippen LogP contribution in [0.2, 0.25) is 0 Å². The summed E-state index contributed by atoms with van der Waals surface area (Å²) in [6.07, 6.45) is 0. The molecule has 1 atom stereocenters. The van der Waals surface area contributed by atoms with Crippen molar-refractivity contribution in [1.82, 2.24) is 0 Å². The summed E-state index contributed by atoms with van der Waals surface area (Å²) in [4.78, 5) is 0. The van der Waals surface area contributed by atoms with E-state index in [1.165, 1.54) is 0 Å². The molecule has 1 fully saturated rings. The van der Waals surface area contributed by atoms with E-state index in [4.69, 9.17) is 9.47 Å². The Kier molecular flexibility index (Phi) is 2.89. The third-order valence-electron chi connectivity index (χ3n) is 2.99. The molecule has 2 N–H and O–H groups in total. The number of rotatable bonds is 2. The fourth-order valence-electron chi connectivity index (χ4n) is 2.14. The summed E-state index contributed by atoms with van der Waals surface area (Å²) >= 11 is 0. The van der Waals surface area contributed by atoms with Crippen LogP contribution < -0.4 is 0 Å². The van der Waals surface area contributed by atoms with Crippen LogP contribution in [0.4, 0.5) is 0 Å². The molecule has 0 amide bonds. The number of aliphatic hydroxyl groups excluding tert-OH is 1. The zero-order valence-electron chi connectivity index (χ0n) is 10.4. The number of benzene rings is 1. The Balaban J connectivity index is 2.43.